The molecule has 0 aromatic heterocycles. The minimum atomic E-state index is -2.89. The SMILES string of the molecule is CCC(N)=NCCS(=O)(=O)CC. The summed E-state index contributed by atoms with van der Waals surface area (Å²) in [7, 11) is -2.89. The van der Waals surface area contributed by atoms with E-state index in [1.165, 1.54) is 0 Å². The number of rotatable bonds is 5. The lowest BCUT2D eigenvalue weighted by Gasteiger charge is -1.98. The Labute approximate surface area is 73.8 Å². The number of amidine groups is 1. The summed E-state index contributed by atoms with van der Waals surface area (Å²) in [4.78, 5) is 3.89. The van der Waals surface area contributed by atoms with E-state index in [4.69, 9.17) is 5.73 Å². The summed E-state index contributed by atoms with van der Waals surface area (Å²) < 4.78 is 21.9. The molecule has 0 fully saturated rings. The second-order valence-electron chi connectivity index (χ2n) is 2.46. The second-order valence-corrected chi connectivity index (χ2v) is 4.94. The Kier molecular flexibility index (Phi) is 4.89. The van der Waals surface area contributed by atoms with Gasteiger partial charge < -0.3 is 5.73 Å². The van der Waals surface area contributed by atoms with Crippen LogP contribution in [0.25, 0.3) is 0 Å². The van der Waals surface area contributed by atoms with Crippen LogP contribution in [0.15, 0.2) is 4.99 Å². The number of sulfone groups is 1. The Bertz CT molecular complexity index is 244. The van der Waals surface area contributed by atoms with Gasteiger partial charge in [-0.2, -0.15) is 0 Å². The number of nitrogens with zero attached hydrogens (tertiary/aromatic N) is 1. The Morgan fingerprint density at radius 1 is 1.42 bits per heavy atom. The summed E-state index contributed by atoms with van der Waals surface area (Å²) in [5.41, 5.74) is 5.40. The van der Waals surface area contributed by atoms with Crippen LogP contribution in [0.3, 0.4) is 0 Å². The average Bonchev–Trinajstić information content (AvgIpc) is 2.04. The zero-order valence-corrected chi connectivity index (χ0v) is 8.39. The molecule has 72 valence electrons. The molecular formula is C7H16N2O2S. The number of aliphatic imine (C=N–C) groups is 1. The van der Waals surface area contributed by atoms with Crippen molar-refractivity contribution in [2.75, 3.05) is 18.1 Å². The van der Waals surface area contributed by atoms with Crippen molar-refractivity contribution in [2.45, 2.75) is 20.3 Å². The molecule has 5 heteroatoms. The molecule has 0 atom stereocenters. The van der Waals surface area contributed by atoms with E-state index in [-0.39, 0.29) is 18.1 Å². The molecule has 0 saturated carbocycles. The maximum Gasteiger partial charge on any atom is 0.151 e. The van der Waals surface area contributed by atoms with Crippen molar-refractivity contribution in [1.82, 2.24) is 0 Å². The minimum Gasteiger partial charge on any atom is -0.387 e. The van der Waals surface area contributed by atoms with E-state index >= 15 is 0 Å². The van der Waals surface area contributed by atoms with Gasteiger partial charge in [0, 0.05) is 12.2 Å². The Balaban J connectivity index is 3.86. The summed E-state index contributed by atoms with van der Waals surface area (Å²) >= 11 is 0. The van der Waals surface area contributed by atoms with Crippen molar-refractivity contribution in [3.05, 3.63) is 0 Å². The van der Waals surface area contributed by atoms with Gasteiger partial charge in [0.25, 0.3) is 0 Å². The first-order valence-corrected chi connectivity index (χ1v) is 5.83. The lowest BCUT2D eigenvalue weighted by molar-refractivity contribution is 0.597. The summed E-state index contributed by atoms with van der Waals surface area (Å²) in [6, 6.07) is 0. The molecule has 0 aliphatic rings. The zero-order valence-electron chi connectivity index (χ0n) is 7.58. The molecule has 0 aliphatic heterocycles. The molecule has 0 bridgehead atoms. The molecular weight excluding hydrogens is 176 g/mol. The average molecular weight is 192 g/mol. The van der Waals surface area contributed by atoms with Gasteiger partial charge in [0.05, 0.1) is 18.1 Å². The summed E-state index contributed by atoms with van der Waals surface area (Å²) in [6.45, 7) is 3.80. The van der Waals surface area contributed by atoms with Crippen LogP contribution >= 0.6 is 0 Å². The van der Waals surface area contributed by atoms with Crippen molar-refractivity contribution < 1.29 is 8.42 Å². The van der Waals surface area contributed by atoms with Crippen LogP contribution in [-0.2, 0) is 9.84 Å². The molecule has 0 aromatic carbocycles. The van der Waals surface area contributed by atoms with Gasteiger partial charge in [-0.05, 0) is 0 Å². The van der Waals surface area contributed by atoms with E-state index in [1.807, 2.05) is 6.92 Å². The van der Waals surface area contributed by atoms with Gasteiger partial charge in [0.15, 0.2) is 9.84 Å². The largest absolute Gasteiger partial charge is 0.387 e. The molecule has 2 N–H and O–H groups in total. The van der Waals surface area contributed by atoms with Gasteiger partial charge in [-0.25, -0.2) is 8.42 Å². The van der Waals surface area contributed by atoms with E-state index in [1.54, 1.807) is 6.92 Å². The van der Waals surface area contributed by atoms with Gasteiger partial charge in [-0.1, -0.05) is 13.8 Å². The molecule has 12 heavy (non-hydrogen) atoms. The molecule has 0 spiro atoms. The van der Waals surface area contributed by atoms with Crippen molar-refractivity contribution in [2.24, 2.45) is 10.7 Å². The summed E-state index contributed by atoms with van der Waals surface area (Å²) in [6.07, 6.45) is 0.673. The molecule has 0 radical (unpaired) electrons. The topological polar surface area (TPSA) is 72.5 Å². The number of hydrogen-bond acceptors (Lipinski definition) is 3. The van der Waals surface area contributed by atoms with Gasteiger partial charge in [-0.3, -0.25) is 4.99 Å². The lowest BCUT2D eigenvalue weighted by Crippen LogP contribution is -2.15. The fourth-order valence-electron chi connectivity index (χ4n) is 0.584. The second kappa shape index (κ2) is 5.13. The fraction of sp³-hybridized carbons (Fsp3) is 0.857. The van der Waals surface area contributed by atoms with E-state index < -0.39 is 9.84 Å². The van der Waals surface area contributed by atoms with Crippen LogP contribution in [0.2, 0.25) is 0 Å². The molecule has 0 rings (SSSR count). The highest BCUT2D eigenvalue weighted by atomic mass is 32.2. The van der Waals surface area contributed by atoms with Crippen molar-refractivity contribution >= 4 is 15.7 Å². The van der Waals surface area contributed by atoms with Crippen LogP contribution in [0, 0.1) is 0 Å². The summed E-state index contributed by atoms with van der Waals surface area (Å²) in [5.74, 6) is 0.792. The quantitative estimate of drug-likeness (QED) is 0.499. The van der Waals surface area contributed by atoms with E-state index in [0.717, 1.165) is 0 Å². The van der Waals surface area contributed by atoms with E-state index in [2.05, 4.69) is 4.99 Å². The first-order valence-electron chi connectivity index (χ1n) is 4.01. The third-order valence-corrected chi connectivity index (χ3v) is 3.20. The van der Waals surface area contributed by atoms with Crippen molar-refractivity contribution in [1.29, 1.82) is 0 Å². The Hall–Kier alpha value is -0.580. The van der Waals surface area contributed by atoms with Crippen molar-refractivity contribution in [3.63, 3.8) is 0 Å². The fourth-order valence-corrected chi connectivity index (χ4v) is 1.24. The Morgan fingerprint density at radius 3 is 2.42 bits per heavy atom. The van der Waals surface area contributed by atoms with Gasteiger partial charge >= 0.3 is 0 Å². The molecule has 0 aromatic rings. The van der Waals surface area contributed by atoms with Crippen LogP contribution in [-0.4, -0.2) is 32.3 Å². The number of hydrogen-bond donors (Lipinski definition) is 1. The normalized spacial score (nSPS) is 13.3. The highest BCUT2D eigenvalue weighted by Crippen LogP contribution is 1.89. The van der Waals surface area contributed by atoms with Crippen LogP contribution in [0.1, 0.15) is 20.3 Å². The summed E-state index contributed by atoms with van der Waals surface area (Å²) in [5, 5.41) is 0. The van der Waals surface area contributed by atoms with Crippen LogP contribution < -0.4 is 5.73 Å². The minimum absolute atomic E-state index is 0.101. The smallest absolute Gasteiger partial charge is 0.151 e. The molecule has 0 unspecified atom stereocenters. The van der Waals surface area contributed by atoms with E-state index in [9.17, 15) is 8.42 Å². The predicted molar refractivity (Wildman–Crippen MR) is 51.1 cm³/mol. The maximum absolute atomic E-state index is 11.0. The third kappa shape index (κ3) is 5.12. The van der Waals surface area contributed by atoms with Crippen molar-refractivity contribution in [3.8, 4) is 0 Å². The zero-order chi connectivity index (χ0) is 9.61. The highest BCUT2D eigenvalue weighted by Gasteiger charge is 2.05. The van der Waals surface area contributed by atoms with Crippen LogP contribution in [0.5, 0.6) is 0 Å². The molecule has 0 heterocycles. The molecule has 0 aliphatic carbocycles. The van der Waals surface area contributed by atoms with Crippen LogP contribution in [0.4, 0.5) is 0 Å². The van der Waals surface area contributed by atoms with Gasteiger partial charge in [0.1, 0.15) is 0 Å². The highest BCUT2D eigenvalue weighted by molar-refractivity contribution is 7.91. The standard InChI is InChI=1S/C7H16N2O2S/c1-3-7(8)9-5-6-12(10,11)4-2/h3-6H2,1-2H3,(H2,8,9). The van der Waals surface area contributed by atoms with E-state index in [0.29, 0.717) is 12.3 Å². The molecule has 4 nitrogen and oxygen atoms in total. The molecule has 0 amide bonds. The first-order chi connectivity index (χ1) is 5.52. The molecule has 0 saturated heterocycles. The van der Waals surface area contributed by atoms with Gasteiger partial charge in [0.2, 0.25) is 0 Å². The third-order valence-electron chi connectivity index (χ3n) is 1.52. The Morgan fingerprint density at radius 2 is 2.00 bits per heavy atom. The predicted octanol–water partition coefficient (Wildman–Crippen LogP) is 0.188. The number of nitrogens with two attached hydrogens (primary N) is 1. The first kappa shape index (κ1) is 11.4. The lowest BCUT2D eigenvalue weighted by atomic mass is 10.4. The maximum atomic E-state index is 11.0. The van der Waals surface area contributed by atoms with Gasteiger partial charge in [-0.15, -0.1) is 0 Å². The monoisotopic (exact) mass is 192 g/mol.